The number of hydrogen-bond donors (Lipinski definition) is 1. The number of hydrogen-bond acceptors (Lipinski definition) is 2. The number of amides is 1. The van der Waals surface area contributed by atoms with Crippen LogP contribution in [0.5, 0.6) is 0 Å². The summed E-state index contributed by atoms with van der Waals surface area (Å²) >= 11 is 0. The first-order valence-corrected chi connectivity index (χ1v) is 6.28. The van der Waals surface area contributed by atoms with E-state index in [1.807, 2.05) is 13.8 Å². The van der Waals surface area contributed by atoms with Gasteiger partial charge >= 0.3 is 0 Å². The van der Waals surface area contributed by atoms with Gasteiger partial charge in [-0.2, -0.15) is 5.10 Å². The van der Waals surface area contributed by atoms with Crippen molar-refractivity contribution in [1.29, 1.82) is 0 Å². The topological polar surface area (TPSA) is 46.9 Å². The van der Waals surface area contributed by atoms with Gasteiger partial charge in [0.05, 0.1) is 23.1 Å². The molecule has 1 aromatic heterocycles. The summed E-state index contributed by atoms with van der Waals surface area (Å²) < 4.78 is 14.9. The first-order valence-electron chi connectivity index (χ1n) is 6.28. The lowest BCUT2D eigenvalue weighted by atomic mass is 10.2. The molecule has 0 bridgehead atoms. The Labute approximate surface area is 111 Å². The maximum Gasteiger partial charge on any atom is 0.254 e. The van der Waals surface area contributed by atoms with Crippen LogP contribution in [0.15, 0.2) is 30.5 Å². The minimum Gasteiger partial charge on any atom is -0.352 e. The van der Waals surface area contributed by atoms with Crippen LogP contribution in [0.2, 0.25) is 0 Å². The lowest BCUT2D eigenvalue weighted by Gasteiger charge is -2.08. The monoisotopic (exact) mass is 261 g/mol. The van der Waals surface area contributed by atoms with Gasteiger partial charge in [-0.1, -0.05) is 13.0 Å². The highest BCUT2D eigenvalue weighted by Crippen LogP contribution is 2.16. The fourth-order valence-corrected chi connectivity index (χ4v) is 1.99. The zero-order valence-electron chi connectivity index (χ0n) is 11.0. The molecule has 0 saturated carbocycles. The number of carbonyl (C=O) groups is 1. The van der Waals surface area contributed by atoms with Crippen molar-refractivity contribution < 1.29 is 9.18 Å². The molecule has 1 aromatic carbocycles. The molecule has 1 N–H and O–H groups in total. The summed E-state index contributed by atoms with van der Waals surface area (Å²) in [5, 5.41) is 6.94. The molecule has 0 spiro atoms. The largest absolute Gasteiger partial charge is 0.352 e. The smallest absolute Gasteiger partial charge is 0.254 e. The quantitative estimate of drug-likeness (QED) is 0.918. The highest BCUT2D eigenvalue weighted by atomic mass is 19.1. The van der Waals surface area contributed by atoms with Gasteiger partial charge in [-0.15, -0.1) is 0 Å². The fraction of sp³-hybridized carbons (Fsp3) is 0.286. The van der Waals surface area contributed by atoms with Crippen molar-refractivity contribution in [1.82, 2.24) is 15.1 Å². The Kier molecular flexibility index (Phi) is 3.94. The number of rotatable bonds is 4. The molecule has 0 atom stereocenters. The molecule has 0 aliphatic heterocycles. The van der Waals surface area contributed by atoms with Gasteiger partial charge in [-0.3, -0.25) is 4.79 Å². The van der Waals surface area contributed by atoms with Crippen LogP contribution in [-0.2, 0) is 6.42 Å². The van der Waals surface area contributed by atoms with E-state index in [0.29, 0.717) is 24.2 Å². The second kappa shape index (κ2) is 5.65. The molecule has 4 nitrogen and oxygen atoms in total. The third-order valence-electron chi connectivity index (χ3n) is 2.84. The van der Waals surface area contributed by atoms with Crippen molar-refractivity contribution >= 4 is 5.91 Å². The normalized spacial score (nSPS) is 10.5. The van der Waals surface area contributed by atoms with E-state index in [-0.39, 0.29) is 11.7 Å². The summed E-state index contributed by atoms with van der Waals surface area (Å²) in [6.45, 7) is 4.36. The minimum atomic E-state index is -0.324. The van der Waals surface area contributed by atoms with Crippen molar-refractivity contribution in [2.45, 2.75) is 20.3 Å². The molecular weight excluding hydrogens is 245 g/mol. The maximum absolute atomic E-state index is 13.3. The van der Waals surface area contributed by atoms with Crippen LogP contribution in [0.25, 0.3) is 5.69 Å². The highest BCUT2D eigenvalue weighted by Gasteiger charge is 2.16. The number of nitrogens with zero attached hydrogens (tertiary/aromatic N) is 2. The summed E-state index contributed by atoms with van der Waals surface area (Å²) in [6, 6.07) is 6.16. The molecule has 0 aliphatic rings. The molecule has 1 amide bonds. The van der Waals surface area contributed by atoms with E-state index >= 15 is 0 Å². The summed E-state index contributed by atoms with van der Waals surface area (Å²) in [5.41, 5.74) is 1.93. The van der Waals surface area contributed by atoms with E-state index in [2.05, 4.69) is 10.4 Å². The Bertz CT molecular complexity index is 592. The number of halogens is 1. The molecule has 0 radical (unpaired) electrons. The molecule has 2 aromatic rings. The average Bonchev–Trinajstić information content (AvgIpc) is 2.82. The van der Waals surface area contributed by atoms with Crippen LogP contribution in [-0.4, -0.2) is 22.2 Å². The second-order valence-corrected chi connectivity index (χ2v) is 4.11. The Balaban J connectivity index is 2.45. The molecule has 19 heavy (non-hydrogen) atoms. The Morgan fingerprint density at radius 3 is 2.84 bits per heavy atom. The average molecular weight is 261 g/mol. The van der Waals surface area contributed by atoms with Crippen molar-refractivity contribution in [3.63, 3.8) is 0 Å². The lowest BCUT2D eigenvalue weighted by Crippen LogP contribution is -2.23. The van der Waals surface area contributed by atoms with Crippen LogP contribution < -0.4 is 5.32 Å². The number of aromatic nitrogens is 2. The molecule has 0 unspecified atom stereocenters. The highest BCUT2D eigenvalue weighted by molar-refractivity contribution is 5.95. The van der Waals surface area contributed by atoms with Gasteiger partial charge in [0.15, 0.2) is 0 Å². The summed E-state index contributed by atoms with van der Waals surface area (Å²) in [4.78, 5) is 11.9. The second-order valence-electron chi connectivity index (χ2n) is 4.11. The van der Waals surface area contributed by atoms with E-state index in [1.165, 1.54) is 18.3 Å². The van der Waals surface area contributed by atoms with Gasteiger partial charge in [-0.05, 0) is 31.5 Å². The molecular formula is C14H16FN3O. The predicted octanol–water partition coefficient (Wildman–Crippen LogP) is 2.32. The number of carbonyl (C=O) groups excluding carboxylic acids is 1. The first kappa shape index (κ1) is 13.3. The van der Waals surface area contributed by atoms with Crippen molar-refractivity contribution in [2.75, 3.05) is 6.54 Å². The lowest BCUT2D eigenvalue weighted by molar-refractivity contribution is 0.0955. The van der Waals surface area contributed by atoms with E-state index in [9.17, 15) is 9.18 Å². The molecule has 0 saturated heterocycles. The van der Waals surface area contributed by atoms with Crippen LogP contribution >= 0.6 is 0 Å². The standard InChI is InChI=1S/C14H16FN3O/c1-3-13-12(14(19)16-4-2)9-17-18(13)11-7-5-6-10(15)8-11/h5-9H,3-4H2,1-2H3,(H,16,19). The molecule has 0 aliphatic carbocycles. The molecule has 2 rings (SSSR count). The van der Waals surface area contributed by atoms with Gasteiger partial charge < -0.3 is 5.32 Å². The van der Waals surface area contributed by atoms with Crippen molar-refractivity contribution in [3.8, 4) is 5.69 Å². The minimum absolute atomic E-state index is 0.151. The molecule has 0 fully saturated rings. The zero-order chi connectivity index (χ0) is 13.8. The number of benzene rings is 1. The third-order valence-corrected chi connectivity index (χ3v) is 2.84. The fourth-order valence-electron chi connectivity index (χ4n) is 1.99. The van der Waals surface area contributed by atoms with Gasteiger partial charge in [0.25, 0.3) is 5.91 Å². The van der Waals surface area contributed by atoms with Crippen molar-refractivity contribution in [2.24, 2.45) is 0 Å². The summed E-state index contributed by atoms with van der Waals surface area (Å²) in [7, 11) is 0. The van der Waals surface area contributed by atoms with Crippen LogP contribution in [0.4, 0.5) is 4.39 Å². The Morgan fingerprint density at radius 1 is 1.42 bits per heavy atom. The van der Waals surface area contributed by atoms with Gasteiger partial charge in [0, 0.05) is 6.54 Å². The predicted molar refractivity (Wildman–Crippen MR) is 70.9 cm³/mol. The molecule has 5 heteroatoms. The molecule has 100 valence electrons. The van der Waals surface area contributed by atoms with Gasteiger partial charge in [0.1, 0.15) is 5.82 Å². The zero-order valence-corrected chi connectivity index (χ0v) is 11.0. The SMILES string of the molecule is CCNC(=O)c1cnn(-c2cccc(F)c2)c1CC. The Morgan fingerprint density at radius 2 is 2.21 bits per heavy atom. The van der Waals surface area contributed by atoms with E-state index in [1.54, 1.807) is 16.8 Å². The van der Waals surface area contributed by atoms with Crippen molar-refractivity contribution in [3.05, 3.63) is 47.5 Å². The van der Waals surface area contributed by atoms with Crippen LogP contribution in [0.1, 0.15) is 29.9 Å². The van der Waals surface area contributed by atoms with E-state index in [4.69, 9.17) is 0 Å². The first-order chi connectivity index (χ1) is 9.17. The molecule has 1 heterocycles. The Hall–Kier alpha value is -2.17. The third kappa shape index (κ3) is 2.65. The van der Waals surface area contributed by atoms with Crippen LogP contribution in [0, 0.1) is 5.82 Å². The number of nitrogens with one attached hydrogen (secondary N) is 1. The van der Waals surface area contributed by atoms with E-state index < -0.39 is 0 Å². The van der Waals surface area contributed by atoms with Gasteiger partial charge in [-0.25, -0.2) is 9.07 Å². The van der Waals surface area contributed by atoms with E-state index in [0.717, 1.165) is 5.69 Å². The van der Waals surface area contributed by atoms with Crippen LogP contribution in [0.3, 0.4) is 0 Å². The van der Waals surface area contributed by atoms with Gasteiger partial charge in [0.2, 0.25) is 0 Å². The summed E-state index contributed by atoms with van der Waals surface area (Å²) in [6.07, 6.45) is 2.16. The maximum atomic E-state index is 13.3. The summed E-state index contributed by atoms with van der Waals surface area (Å²) in [5.74, 6) is -0.475.